The summed E-state index contributed by atoms with van der Waals surface area (Å²) in [5, 5.41) is 0. The Balaban J connectivity index is 2.05. The number of benzene rings is 1. The third-order valence-corrected chi connectivity index (χ3v) is 2.76. The van der Waals surface area contributed by atoms with Crippen LogP contribution in [0.1, 0.15) is 38.2 Å². The first kappa shape index (κ1) is 15.5. The third-order valence-electron chi connectivity index (χ3n) is 2.76. The van der Waals surface area contributed by atoms with E-state index in [-0.39, 0.29) is 5.97 Å². The predicted octanol–water partition coefficient (Wildman–Crippen LogP) is 2.65. The molecule has 4 heteroatoms. The Labute approximate surface area is 114 Å². The van der Waals surface area contributed by atoms with Crippen LogP contribution < -0.4 is 10.5 Å². The van der Waals surface area contributed by atoms with E-state index in [1.165, 1.54) is 0 Å². The lowest BCUT2D eigenvalue weighted by molar-refractivity contribution is -0.143. The van der Waals surface area contributed by atoms with Crippen molar-refractivity contribution >= 4 is 5.97 Å². The molecule has 0 unspecified atom stereocenters. The molecule has 1 aromatic carbocycles. The first-order valence-corrected chi connectivity index (χ1v) is 6.83. The van der Waals surface area contributed by atoms with Crippen molar-refractivity contribution in [1.29, 1.82) is 0 Å². The number of carbonyl (C=O) groups is 1. The molecule has 0 amide bonds. The molecule has 1 rings (SSSR count). The van der Waals surface area contributed by atoms with E-state index in [4.69, 9.17) is 15.2 Å². The minimum Gasteiger partial charge on any atom is -0.494 e. The van der Waals surface area contributed by atoms with E-state index < -0.39 is 0 Å². The van der Waals surface area contributed by atoms with Crippen LogP contribution in [-0.4, -0.2) is 19.2 Å². The molecular weight excluding hydrogens is 242 g/mol. The molecule has 0 bridgehead atoms. The number of unbranched alkanes of at least 4 members (excludes halogenated alkanes) is 2. The molecular formula is C15H23NO3. The summed E-state index contributed by atoms with van der Waals surface area (Å²) in [6, 6.07) is 7.80. The second-order valence-corrected chi connectivity index (χ2v) is 4.31. The van der Waals surface area contributed by atoms with Crippen LogP contribution in [0.25, 0.3) is 0 Å². The topological polar surface area (TPSA) is 61.5 Å². The molecule has 0 fully saturated rings. The van der Waals surface area contributed by atoms with Gasteiger partial charge in [-0.2, -0.15) is 0 Å². The molecule has 0 aliphatic heterocycles. The van der Waals surface area contributed by atoms with Crippen molar-refractivity contribution in [2.45, 2.75) is 39.2 Å². The number of esters is 1. The fourth-order valence-corrected chi connectivity index (χ4v) is 1.69. The first-order chi connectivity index (χ1) is 9.26. The molecule has 2 N–H and O–H groups in total. The number of ether oxygens (including phenoxy) is 2. The zero-order valence-corrected chi connectivity index (χ0v) is 11.6. The standard InChI is InChI=1S/C15H23NO3/c1-2-18-15(17)6-4-3-5-11-19-14-9-7-13(12-16)8-10-14/h7-10H,2-6,11-12,16H2,1H3. The maximum Gasteiger partial charge on any atom is 0.305 e. The largest absolute Gasteiger partial charge is 0.494 e. The second-order valence-electron chi connectivity index (χ2n) is 4.31. The maximum atomic E-state index is 11.1. The van der Waals surface area contributed by atoms with E-state index >= 15 is 0 Å². The van der Waals surface area contributed by atoms with E-state index in [2.05, 4.69) is 0 Å². The molecule has 0 spiro atoms. The van der Waals surface area contributed by atoms with E-state index in [9.17, 15) is 4.79 Å². The van der Waals surface area contributed by atoms with Crippen molar-refractivity contribution in [3.8, 4) is 5.75 Å². The molecule has 0 saturated heterocycles. The first-order valence-electron chi connectivity index (χ1n) is 6.83. The average Bonchev–Trinajstić information content (AvgIpc) is 2.43. The van der Waals surface area contributed by atoms with Crippen molar-refractivity contribution < 1.29 is 14.3 Å². The maximum absolute atomic E-state index is 11.1. The molecule has 106 valence electrons. The summed E-state index contributed by atoms with van der Waals surface area (Å²) in [4.78, 5) is 11.1. The highest BCUT2D eigenvalue weighted by Crippen LogP contribution is 2.12. The Morgan fingerprint density at radius 1 is 1.16 bits per heavy atom. The minimum absolute atomic E-state index is 0.110. The molecule has 0 radical (unpaired) electrons. The van der Waals surface area contributed by atoms with Crippen LogP contribution in [0, 0.1) is 0 Å². The molecule has 19 heavy (non-hydrogen) atoms. The molecule has 0 saturated carbocycles. The van der Waals surface area contributed by atoms with Crippen LogP contribution >= 0.6 is 0 Å². The SMILES string of the molecule is CCOC(=O)CCCCCOc1ccc(CN)cc1. The summed E-state index contributed by atoms with van der Waals surface area (Å²) in [6.45, 7) is 3.50. The van der Waals surface area contributed by atoms with Gasteiger partial charge in [-0.05, 0) is 43.9 Å². The van der Waals surface area contributed by atoms with E-state index in [0.717, 1.165) is 30.6 Å². The lowest BCUT2D eigenvalue weighted by Gasteiger charge is -2.06. The third kappa shape index (κ3) is 6.82. The Bertz CT molecular complexity index is 362. The summed E-state index contributed by atoms with van der Waals surface area (Å²) in [5.41, 5.74) is 6.62. The Morgan fingerprint density at radius 2 is 1.89 bits per heavy atom. The highest BCUT2D eigenvalue weighted by Gasteiger charge is 2.01. The normalized spacial score (nSPS) is 10.2. The van der Waals surface area contributed by atoms with Gasteiger partial charge >= 0.3 is 5.97 Å². The highest BCUT2D eigenvalue weighted by atomic mass is 16.5. The number of rotatable bonds is 9. The van der Waals surface area contributed by atoms with Gasteiger partial charge in [0.25, 0.3) is 0 Å². The zero-order valence-electron chi connectivity index (χ0n) is 11.6. The van der Waals surface area contributed by atoms with Gasteiger partial charge in [0.1, 0.15) is 5.75 Å². The van der Waals surface area contributed by atoms with Crippen LogP contribution in [0.5, 0.6) is 5.75 Å². The van der Waals surface area contributed by atoms with Crippen molar-refractivity contribution in [2.75, 3.05) is 13.2 Å². The van der Waals surface area contributed by atoms with Crippen molar-refractivity contribution in [2.24, 2.45) is 5.73 Å². The smallest absolute Gasteiger partial charge is 0.305 e. The van der Waals surface area contributed by atoms with Gasteiger partial charge < -0.3 is 15.2 Å². The van der Waals surface area contributed by atoms with E-state index in [0.29, 0.717) is 26.2 Å². The molecule has 0 aromatic heterocycles. The number of hydrogen-bond acceptors (Lipinski definition) is 4. The lowest BCUT2D eigenvalue weighted by atomic mass is 10.2. The molecule has 0 atom stereocenters. The fraction of sp³-hybridized carbons (Fsp3) is 0.533. The highest BCUT2D eigenvalue weighted by molar-refractivity contribution is 5.69. The lowest BCUT2D eigenvalue weighted by Crippen LogP contribution is -2.04. The summed E-state index contributed by atoms with van der Waals surface area (Å²) in [6.07, 6.45) is 3.27. The number of carbonyl (C=O) groups excluding carboxylic acids is 1. The molecule has 0 aliphatic rings. The summed E-state index contributed by atoms with van der Waals surface area (Å²) in [7, 11) is 0. The Morgan fingerprint density at radius 3 is 2.53 bits per heavy atom. The van der Waals surface area contributed by atoms with Crippen LogP contribution in [-0.2, 0) is 16.1 Å². The fourth-order valence-electron chi connectivity index (χ4n) is 1.69. The van der Waals surface area contributed by atoms with Crippen molar-refractivity contribution in [3.63, 3.8) is 0 Å². The number of hydrogen-bond donors (Lipinski definition) is 1. The van der Waals surface area contributed by atoms with Gasteiger partial charge in [-0.15, -0.1) is 0 Å². The quantitative estimate of drug-likeness (QED) is 0.551. The van der Waals surface area contributed by atoms with E-state index in [1.54, 1.807) is 0 Å². The van der Waals surface area contributed by atoms with Gasteiger partial charge in [0, 0.05) is 13.0 Å². The van der Waals surface area contributed by atoms with Gasteiger partial charge in [0.2, 0.25) is 0 Å². The molecule has 1 aromatic rings. The van der Waals surface area contributed by atoms with Crippen molar-refractivity contribution in [1.82, 2.24) is 0 Å². The van der Waals surface area contributed by atoms with Gasteiger partial charge in [-0.3, -0.25) is 4.79 Å². The van der Waals surface area contributed by atoms with Gasteiger partial charge in [-0.25, -0.2) is 0 Å². The molecule has 0 heterocycles. The molecule has 4 nitrogen and oxygen atoms in total. The number of nitrogens with two attached hydrogens (primary N) is 1. The second kappa shape index (κ2) is 9.39. The van der Waals surface area contributed by atoms with Crippen LogP contribution in [0.15, 0.2) is 24.3 Å². The zero-order chi connectivity index (χ0) is 13.9. The molecule has 0 aliphatic carbocycles. The monoisotopic (exact) mass is 265 g/mol. The summed E-state index contributed by atoms with van der Waals surface area (Å²) < 4.78 is 10.5. The van der Waals surface area contributed by atoms with Gasteiger partial charge in [0.15, 0.2) is 0 Å². The minimum atomic E-state index is -0.110. The Kier molecular flexibility index (Phi) is 7.66. The van der Waals surface area contributed by atoms with Gasteiger partial charge in [0.05, 0.1) is 13.2 Å². The summed E-state index contributed by atoms with van der Waals surface area (Å²) >= 11 is 0. The Hall–Kier alpha value is -1.55. The average molecular weight is 265 g/mol. The predicted molar refractivity (Wildman–Crippen MR) is 74.9 cm³/mol. The van der Waals surface area contributed by atoms with Gasteiger partial charge in [-0.1, -0.05) is 12.1 Å². The van der Waals surface area contributed by atoms with E-state index in [1.807, 2.05) is 31.2 Å². The van der Waals surface area contributed by atoms with Crippen LogP contribution in [0.4, 0.5) is 0 Å². The van der Waals surface area contributed by atoms with Crippen LogP contribution in [0.3, 0.4) is 0 Å². The van der Waals surface area contributed by atoms with Crippen LogP contribution in [0.2, 0.25) is 0 Å². The van der Waals surface area contributed by atoms with Crippen molar-refractivity contribution in [3.05, 3.63) is 29.8 Å². The summed E-state index contributed by atoms with van der Waals surface area (Å²) in [5.74, 6) is 0.753.